The molecule has 5 nitrogen and oxygen atoms in total. The minimum absolute atomic E-state index is 0.258. The van der Waals surface area contributed by atoms with Gasteiger partial charge in [-0.1, -0.05) is 0 Å². The van der Waals surface area contributed by atoms with Crippen LogP contribution in [0.1, 0.15) is 6.42 Å². The zero-order valence-electron chi connectivity index (χ0n) is 6.45. The molecule has 0 aliphatic carbocycles. The Morgan fingerprint density at radius 3 is 2.55 bits per heavy atom. The third kappa shape index (κ3) is 2.13. The molecule has 0 spiro atoms. The number of nitrogens with one attached hydrogen (secondary N) is 1. The highest BCUT2D eigenvalue weighted by atomic mass is 32.2. The summed E-state index contributed by atoms with van der Waals surface area (Å²) in [5.41, 5.74) is 0. The lowest BCUT2D eigenvalue weighted by atomic mass is 10.3. The lowest BCUT2D eigenvalue weighted by molar-refractivity contribution is 0.466. The van der Waals surface area contributed by atoms with Crippen molar-refractivity contribution in [3.8, 4) is 0 Å². The van der Waals surface area contributed by atoms with Gasteiger partial charge < -0.3 is 5.32 Å². The van der Waals surface area contributed by atoms with E-state index in [0.29, 0.717) is 13.1 Å². The molecule has 1 atom stereocenters. The zero-order chi connectivity index (χ0) is 8.48. The molecule has 0 aromatic rings. The van der Waals surface area contributed by atoms with Crippen LogP contribution in [0.3, 0.4) is 0 Å². The summed E-state index contributed by atoms with van der Waals surface area (Å²) in [4.78, 5) is 0. The van der Waals surface area contributed by atoms with Crippen molar-refractivity contribution in [2.45, 2.75) is 12.5 Å². The summed E-state index contributed by atoms with van der Waals surface area (Å²) in [5.74, 6) is 0. The van der Waals surface area contributed by atoms with Crippen molar-refractivity contribution >= 4 is 10.2 Å². The maximum Gasteiger partial charge on any atom is 0.276 e. The highest BCUT2D eigenvalue weighted by Crippen LogP contribution is 2.10. The first-order chi connectivity index (χ1) is 5.04. The Morgan fingerprint density at radius 2 is 2.27 bits per heavy atom. The molecular formula is C5H13N3O2S. The predicted molar refractivity (Wildman–Crippen MR) is 42.1 cm³/mol. The minimum Gasteiger partial charge on any atom is -0.316 e. The smallest absolute Gasteiger partial charge is 0.276 e. The molecule has 0 aromatic heterocycles. The number of rotatable bonds is 2. The first-order valence-corrected chi connectivity index (χ1v) is 4.99. The van der Waals surface area contributed by atoms with Crippen LogP contribution in [0.4, 0.5) is 0 Å². The summed E-state index contributed by atoms with van der Waals surface area (Å²) in [6, 6.07) is 0.258. The molecule has 0 bridgehead atoms. The van der Waals surface area contributed by atoms with Gasteiger partial charge in [0, 0.05) is 19.1 Å². The van der Waals surface area contributed by atoms with Gasteiger partial charge in [0.05, 0.1) is 0 Å². The van der Waals surface area contributed by atoms with Crippen molar-refractivity contribution in [1.82, 2.24) is 9.62 Å². The van der Waals surface area contributed by atoms with Gasteiger partial charge in [-0.05, 0) is 13.5 Å². The quantitative estimate of drug-likeness (QED) is 0.541. The topological polar surface area (TPSA) is 75.4 Å². The van der Waals surface area contributed by atoms with Crippen LogP contribution in [-0.2, 0) is 10.2 Å². The average Bonchev–Trinajstić information content (AvgIpc) is 2.32. The van der Waals surface area contributed by atoms with Crippen LogP contribution in [0.25, 0.3) is 0 Å². The summed E-state index contributed by atoms with van der Waals surface area (Å²) < 4.78 is 22.8. The van der Waals surface area contributed by atoms with Gasteiger partial charge in [0.2, 0.25) is 0 Å². The molecule has 6 heteroatoms. The maximum absolute atomic E-state index is 10.8. The fraction of sp³-hybridized carbons (Fsp3) is 1.00. The molecule has 1 aliphatic heterocycles. The van der Waals surface area contributed by atoms with Gasteiger partial charge in [0.15, 0.2) is 0 Å². The van der Waals surface area contributed by atoms with E-state index in [0.717, 1.165) is 6.42 Å². The molecule has 1 unspecified atom stereocenters. The van der Waals surface area contributed by atoms with Gasteiger partial charge in [-0.25, -0.2) is 5.14 Å². The standard InChI is InChI=1S/C5H13N3O2S/c1-7-5-2-3-8(4-5)11(6,9)10/h5,7H,2-4H2,1H3,(H2,6,9,10). The number of nitrogens with two attached hydrogens (primary N) is 1. The van der Waals surface area contributed by atoms with Gasteiger partial charge in [-0.3, -0.25) is 0 Å². The van der Waals surface area contributed by atoms with Crippen LogP contribution in [-0.4, -0.2) is 38.9 Å². The normalized spacial score (nSPS) is 27.6. The van der Waals surface area contributed by atoms with E-state index in [1.165, 1.54) is 4.31 Å². The number of likely N-dealkylation sites (N-methyl/N-ethyl adjacent to an activating group) is 1. The summed E-state index contributed by atoms with van der Waals surface area (Å²) in [6.45, 7) is 1.03. The third-order valence-corrected chi connectivity index (χ3v) is 2.97. The monoisotopic (exact) mass is 179 g/mol. The second kappa shape index (κ2) is 3.06. The van der Waals surface area contributed by atoms with Crippen molar-refractivity contribution in [3.63, 3.8) is 0 Å². The van der Waals surface area contributed by atoms with Crippen LogP contribution in [0, 0.1) is 0 Å². The molecule has 1 aliphatic rings. The van der Waals surface area contributed by atoms with E-state index in [-0.39, 0.29) is 6.04 Å². The molecule has 0 aromatic carbocycles. The second-order valence-electron chi connectivity index (χ2n) is 2.68. The van der Waals surface area contributed by atoms with Gasteiger partial charge in [-0.15, -0.1) is 0 Å². The number of nitrogens with zero attached hydrogens (tertiary/aromatic N) is 1. The molecule has 1 saturated heterocycles. The van der Waals surface area contributed by atoms with Crippen molar-refractivity contribution < 1.29 is 8.42 Å². The Hall–Kier alpha value is -0.170. The van der Waals surface area contributed by atoms with E-state index in [1.807, 2.05) is 7.05 Å². The molecule has 0 saturated carbocycles. The Bertz CT molecular complexity index is 226. The van der Waals surface area contributed by atoms with Gasteiger partial charge in [0.1, 0.15) is 0 Å². The molecule has 1 rings (SSSR count). The highest BCUT2D eigenvalue weighted by Gasteiger charge is 2.27. The van der Waals surface area contributed by atoms with Crippen LogP contribution in [0.2, 0.25) is 0 Å². The first-order valence-electron chi connectivity index (χ1n) is 3.49. The molecule has 1 heterocycles. The summed E-state index contributed by atoms with van der Waals surface area (Å²) >= 11 is 0. The van der Waals surface area contributed by atoms with Gasteiger partial charge >= 0.3 is 0 Å². The van der Waals surface area contributed by atoms with E-state index in [9.17, 15) is 8.42 Å². The lowest BCUT2D eigenvalue weighted by Gasteiger charge is -2.11. The fourth-order valence-electron chi connectivity index (χ4n) is 1.19. The SMILES string of the molecule is CNC1CCN(S(N)(=O)=O)C1. The number of hydrogen-bond donors (Lipinski definition) is 2. The molecule has 0 radical (unpaired) electrons. The molecular weight excluding hydrogens is 166 g/mol. The Morgan fingerprint density at radius 1 is 1.64 bits per heavy atom. The van der Waals surface area contributed by atoms with E-state index >= 15 is 0 Å². The largest absolute Gasteiger partial charge is 0.316 e. The summed E-state index contributed by atoms with van der Waals surface area (Å²) in [7, 11) is -1.64. The van der Waals surface area contributed by atoms with E-state index < -0.39 is 10.2 Å². The van der Waals surface area contributed by atoms with E-state index in [1.54, 1.807) is 0 Å². The molecule has 0 amide bonds. The molecule has 1 fully saturated rings. The molecule has 66 valence electrons. The summed E-state index contributed by atoms with van der Waals surface area (Å²) in [5, 5.41) is 7.93. The van der Waals surface area contributed by atoms with Crippen molar-refractivity contribution in [2.75, 3.05) is 20.1 Å². The second-order valence-corrected chi connectivity index (χ2v) is 4.22. The van der Waals surface area contributed by atoms with Crippen LogP contribution in [0.5, 0.6) is 0 Å². The lowest BCUT2D eigenvalue weighted by Crippen LogP contribution is -2.37. The van der Waals surface area contributed by atoms with Crippen molar-refractivity contribution in [3.05, 3.63) is 0 Å². The summed E-state index contributed by atoms with van der Waals surface area (Å²) in [6.07, 6.45) is 0.840. The average molecular weight is 179 g/mol. The third-order valence-electron chi connectivity index (χ3n) is 1.92. The molecule has 11 heavy (non-hydrogen) atoms. The Labute approximate surface area is 66.7 Å². The first kappa shape index (κ1) is 8.92. The Balaban J connectivity index is 2.55. The van der Waals surface area contributed by atoms with Gasteiger partial charge in [-0.2, -0.15) is 12.7 Å². The number of hydrogen-bond acceptors (Lipinski definition) is 3. The minimum atomic E-state index is -3.45. The molecule has 3 N–H and O–H groups in total. The van der Waals surface area contributed by atoms with Crippen molar-refractivity contribution in [1.29, 1.82) is 0 Å². The van der Waals surface area contributed by atoms with E-state index in [4.69, 9.17) is 5.14 Å². The van der Waals surface area contributed by atoms with Crippen molar-refractivity contribution in [2.24, 2.45) is 5.14 Å². The van der Waals surface area contributed by atoms with Crippen LogP contribution in [0.15, 0.2) is 0 Å². The predicted octanol–water partition coefficient (Wildman–Crippen LogP) is -1.52. The van der Waals surface area contributed by atoms with Crippen LogP contribution >= 0.6 is 0 Å². The zero-order valence-corrected chi connectivity index (χ0v) is 7.26. The van der Waals surface area contributed by atoms with Gasteiger partial charge in [0.25, 0.3) is 10.2 Å². The van der Waals surface area contributed by atoms with Crippen LogP contribution < -0.4 is 10.5 Å². The highest BCUT2D eigenvalue weighted by molar-refractivity contribution is 7.86. The maximum atomic E-state index is 10.8. The van der Waals surface area contributed by atoms with E-state index in [2.05, 4.69) is 5.32 Å². The fourth-order valence-corrected chi connectivity index (χ4v) is 1.94. The Kier molecular flexibility index (Phi) is 2.48.